The van der Waals surface area contributed by atoms with Gasteiger partial charge in [0.1, 0.15) is 11.5 Å². The molecule has 0 aliphatic carbocycles. The Kier molecular flexibility index (Phi) is 7.62. The van der Waals surface area contributed by atoms with E-state index in [0.717, 1.165) is 18.6 Å². The number of unbranched alkanes of at least 4 members (excludes halogenated alkanes) is 3. The van der Waals surface area contributed by atoms with Crippen LogP contribution in [0.15, 0.2) is 61.2 Å². The Hall–Kier alpha value is -2.88. The molecule has 0 fully saturated rings. The molecule has 0 radical (unpaired) electrons. The van der Waals surface area contributed by atoms with Crippen LogP contribution in [0.25, 0.3) is 0 Å². The van der Waals surface area contributed by atoms with E-state index in [1.54, 1.807) is 48.5 Å². The lowest BCUT2D eigenvalue weighted by Crippen LogP contribution is -2.08. The molecule has 136 valence electrons. The minimum Gasteiger partial charge on any atom is -0.494 e. The van der Waals surface area contributed by atoms with Gasteiger partial charge in [-0.1, -0.05) is 32.8 Å². The Morgan fingerprint density at radius 2 is 1.50 bits per heavy atom. The molecule has 0 aliphatic rings. The zero-order valence-electron chi connectivity index (χ0n) is 15.1. The molecule has 0 aromatic heterocycles. The smallest absolute Gasteiger partial charge is 0.343 e. The normalized spacial score (nSPS) is 10.2. The molecule has 0 unspecified atom stereocenters. The van der Waals surface area contributed by atoms with E-state index in [2.05, 4.69) is 13.5 Å². The van der Waals surface area contributed by atoms with Gasteiger partial charge in [-0.3, -0.25) is 4.79 Å². The number of ketones is 1. The molecule has 0 bridgehead atoms. The summed E-state index contributed by atoms with van der Waals surface area (Å²) in [6, 6.07) is 13.3. The molecule has 4 nitrogen and oxygen atoms in total. The quantitative estimate of drug-likeness (QED) is 0.193. The number of rotatable bonds is 10. The van der Waals surface area contributed by atoms with Crippen molar-refractivity contribution in [3.63, 3.8) is 0 Å². The number of benzene rings is 2. The number of esters is 1. The van der Waals surface area contributed by atoms with E-state index < -0.39 is 5.97 Å². The second kappa shape index (κ2) is 10.2. The van der Waals surface area contributed by atoms with Crippen molar-refractivity contribution in [2.75, 3.05) is 6.61 Å². The first-order chi connectivity index (χ1) is 12.6. The van der Waals surface area contributed by atoms with Crippen LogP contribution in [0.1, 0.15) is 53.3 Å². The summed E-state index contributed by atoms with van der Waals surface area (Å²) in [5, 5.41) is 0. The topological polar surface area (TPSA) is 52.6 Å². The maximum atomic E-state index is 12.2. The lowest BCUT2D eigenvalue weighted by atomic mass is 10.1. The highest BCUT2D eigenvalue weighted by molar-refractivity contribution is 6.04. The Labute approximate surface area is 154 Å². The zero-order chi connectivity index (χ0) is 18.8. The SMILES string of the molecule is C=CC(=O)c1ccc(OC(=O)c2ccc(OCCCCCC)cc2)cc1. The van der Waals surface area contributed by atoms with Crippen LogP contribution in [-0.2, 0) is 0 Å². The fourth-order valence-corrected chi connectivity index (χ4v) is 2.38. The summed E-state index contributed by atoms with van der Waals surface area (Å²) < 4.78 is 11.0. The highest BCUT2D eigenvalue weighted by atomic mass is 16.5. The average molecular weight is 352 g/mol. The molecule has 0 atom stereocenters. The Bertz CT molecular complexity index is 730. The molecule has 0 N–H and O–H groups in total. The maximum Gasteiger partial charge on any atom is 0.343 e. The standard InChI is InChI=1S/C22H24O4/c1-3-5-6-7-16-25-19-12-10-18(11-13-19)22(24)26-20-14-8-17(9-15-20)21(23)4-2/h4,8-15H,2-3,5-7,16H2,1H3. The number of hydrogen-bond acceptors (Lipinski definition) is 4. The van der Waals surface area contributed by atoms with E-state index in [1.165, 1.54) is 18.9 Å². The predicted octanol–water partition coefficient (Wildman–Crippen LogP) is 5.23. The van der Waals surface area contributed by atoms with Gasteiger partial charge in [0, 0.05) is 5.56 Å². The summed E-state index contributed by atoms with van der Waals surface area (Å²) in [5.41, 5.74) is 0.940. The number of allylic oxidation sites excluding steroid dienone is 1. The summed E-state index contributed by atoms with van der Waals surface area (Å²) in [6.07, 6.45) is 5.86. The second-order valence-electron chi connectivity index (χ2n) is 5.92. The van der Waals surface area contributed by atoms with Gasteiger partial charge < -0.3 is 9.47 Å². The van der Waals surface area contributed by atoms with E-state index in [9.17, 15) is 9.59 Å². The molecule has 0 saturated carbocycles. The first kappa shape index (κ1) is 19.4. The molecular formula is C22H24O4. The van der Waals surface area contributed by atoms with Crippen molar-refractivity contribution >= 4 is 11.8 Å². The number of ether oxygens (including phenoxy) is 2. The highest BCUT2D eigenvalue weighted by Crippen LogP contribution is 2.17. The van der Waals surface area contributed by atoms with Gasteiger partial charge in [-0.15, -0.1) is 0 Å². The van der Waals surface area contributed by atoms with E-state index in [4.69, 9.17) is 9.47 Å². The molecule has 2 aromatic carbocycles. The second-order valence-corrected chi connectivity index (χ2v) is 5.92. The summed E-state index contributed by atoms with van der Waals surface area (Å²) in [6.45, 7) is 6.30. The molecule has 0 aliphatic heterocycles. The molecule has 26 heavy (non-hydrogen) atoms. The summed E-state index contributed by atoms with van der Waals surface area (Å²) in [4.78, 5) is 23.7. The third kappa shape index (κ3) is 5.88. The molecule has 0 saturated heterocycles. The van der Waals surface area contributed by atoms with Gasteiger partial charge in [-0.05, 0) is 61.0 Å². The predicted molar refractivity (Wildman–Crippen MR) is 102 cm³/mol. The number of carbonyl (C=O) groups excluding carboxylic acids is 2. The van der Waals surface area contributed by atoms with Crippen LogP contribution < -0.4 is 9.47 Å². The van der Waals surface area contributed by atoms with Gasteiger partial charge in [0.05, 0.1) is 12.2 Å². The molecule has 2 aromatic rings. The summed E-state index contributed by atoms with van der Waals surface area (Å²) in [7, 11) is 0. The van der Waals surface area contributed by atoms with Crippen molar-refractivity contribution < 1.29 is 19.1 Å². The van der Waals surface area contributed by atoms with Crippen molar-refractivity contribution in [3.05, 3.63) is 72.3 Å². The first-order valence-electron chi connectivity index (χ1n) is 8.86. The number of hydrogen-bond donors (Lipinski definition) is 0. The third-order valence-electron chi connectivity index (χ3n) is 3.89. The molecular weight excluding hydrogens is 328 g/mol. The van der Waals surface area contributed by atoms with Crippen LogP contribution >= 0.6 is 0 Å². The molecule has 2 rings (SSSR count). The summed E-state index contributed by atoms with van der Waals surface area (Å²) >= 11 is 0. The molecule has 4 heteroatoms. The minimum atomic E-state index is -0.456. The lowest BCUT2D eigenvalue weighted by molar-refractivity contribution is 0.0734. The van der Waals surface area contributed by atoms with E-state index in [0.29, 0.717) is 23.5 Å². The van der Waals surface area contributed by atoms with E-state index in [1.807, 2.05) is 0 Å². The third-order valence-corrected chi connectivity index (χ3v) is 3.89. The van der Waals surface area contributed by atoms with Crippen LogP contribution in [0.4, 0.5) is 0 Å². The Balaban J connectivity index is 1.87. The fraction of sp³-hybridized carbons (Fsp3) is 0.273. The number of carbonyl (C=O) groups is 2. The average Bonchev–Trinajstić information content (AvgIpc) is 2.68. The van der Waals surface area contributed by atoms with Crippen molar-refractivity contribution in [2.45, 2.75) is 32.6 Å². The van der Waals surface area contributed by atoms with Gasteiger partial charge in [0.15, 0.2) is 5.78 Å². The lowest BCUT2D eigenvalue weighted by Gasteiger charge is -2.08. The molecule has 0 heterocycles. The fourth-order valence-electron chi connectivity index (χ4n) is 2.38. The van der Waals surface area contributed by atoms with E-state index >= 15 is 0 Å². The van der Waals surface area contributed by atoms with Crippen molar-refractivity contribution in [1.82, 2.24) is 0 Å². The maximum absolute atomic E-state index is 12.2. The zero-order valence-corrected chi connectivity index (χ0v) is 15.1. The van der Waals surface area contributed by atoms with Crippen LogP contribution in [0.3, 0.4) is 0 Å². The minimum absolute atomic E-state index is 0.173. The van der Waals surface area contributed by atoms with Crippen molar-refractivity contribution in [2.24, 2.45) is 0 Å². The Morgan fingerprint density at radius 1 is 0.885 bits per heavy atom. The van der Waals surface area contributed by atoms with Gasteiger partial charge in [0.2, 0.25) is 0 Å². The van der Waals surface area contributed by atoms with Crippen LogP contribution in [0.2, 0.25) is 0 Å². The van der Waals surface area contributed by atoms with Gasteiger partial charge in [-0.25, -0.2) is 4.79 Å². The van der Waals surface area contributed by atoms with Gasteiger partial charge >= 0.3 is 5.97 Å². The molecule has 0 amide bonds. The Morgan fingerprint density at radius 3 is 2.12 bits per heavy atom. The van der Waals surface area contributed by atoms with Gasteiger partial charge in [0.25, 0.3) is 0 Å². The monoisotopic (exact) mass is 352 g/mol. The van der Waals surface area contributed by atoms with Crippen LogP contribution in [-0.4, -0.2) is 18.4 Å². The van der Waals surface area contributed by atoms with Gasteiger partial charge in [-0.2, -0.15) is 0 Å². The molecule has 0 spiro atoms. The highest BCUT2D eigenvalue weighted by Gasteiger charge is 2.09. The van der Waals surface area contributed by atoms with Crippen molar-refractivity contribution in [1.29, 1.82) is 0 Å². The first-order valence-corrected chi connectivity index (χ1v) is 8.86. The van der Waals surface area contributed by atoms with E-state index in [-0.39, 0.29) is 5.78 Å². The van der Waals surface area contributed by atoms with Crippen LogP contribution in [0.5, 0.6) is 11.5 Å². The summed E-state index contributed by atoms with van der Waals surface area (Å²) in [5.74, 6) is 0.493. The largest absolute Gasteiger partial charge is 0.494 e. The van der Waals surface area contributed by atoms with Crippen molar-refractivity contribution in [3.8, 4) is 11.5 Å². The van der Waals surface area contributed by atoms with Crippen LogP contribution in [0, 0.1) is 0 Å².